The first-order chi connectivity index (χ1) is 10.8. The second-order valence-electron chi connectivity index (χ2n) is 7.30. The number of nitrogens with one attached hydrogen (secondary N) is 2. The molecule has 0 bridgehead atoms. The molecule has 5 heteroatoms. The van der Waals surface area contributed by atoms with Crippen molar-refractivity contribution >= 4 is 11.8 Å². The highest BCUT2D eigenvalue weighted by atomic mass is 16.2. The number of amides is 2. The fourth-order valence-corrected chi connectivity index (χ4v) is 2.83. The Kier molecular flexibility index (Phi) is 5.77. The van der Waals surface area contributed by atoms with Crippen LogP contribution in [0.2, 0.25) is 0 Å². The van der Waals surface area contributed by atoms with Crippen LogP contribution in [0.15, 0.2) is 30.3 Å². The summed E-state index contributed by atoms with van der Waals surface area (Å²) in [5.41, 5.74) is 1.15. The number of hydrogen-bond acceptors (Lipinski definition) is 3. The van der Waals surface area contributed by atoms with Gasteiger partial charge in [-0.05, 0) is 11.0 Å². The Morgan fingerprint density at radius 1 is 1.30 bits per heavy atom. The third-order valence-corrected chi connectivity index (χ3v) is 3.83. The van der Waals surface area contributed by atoms with E-state index < -0.39 is 0 Å². The van der Waals surface area contributed by atoms with Crippen molar-refractivity contribution in [1.82, 2.24) is 15.5 Å². The largest absolute Gasteiger partial charge is 0.353 e. The minimum Gasteiger partial charge on any atom is -0.353 e. The lowest BCUT2D eigenvalue weighted by Gasteiger charge is -2.38. The lowest BCUT2D eigenvalue weighted by atomic mass is 9.94. The van der Waals surface area contributed by atoms with E-state index in [-0.39, 0.29) is 29.7 Å². The molecule has 1 saturated heterocycles. The first kappa shape index (κ1) is 17.5. The van der Waals surface area contributed by atoms with Gasteiger partial charge in [0.05, 0.1) is 12.5 Å². The molecule has 2 amide bonds. The van der Waals surface area contributed by atoms with E-state index in [0.717, 1.165) is 18.7 Å². The highest BCUT2D eigenvalue weighted by Crippen LogP contribution is 2.19. The van der Waals surface area contributed by atoms with Crippen molar-refractivity contribution in [3.63, 3.8) is 0 Å². The number of nitrogens with zero attached hydrogens (tertiary/aromatic N) is 1. The molecule has 1 aromatic carbocycles. The summed E-state index contributed by atoms with van der Waals surface area (Å²) in [5, 5.41) is 5.77. The molecule has 23 heavy (non-hydrogen) atoms. The molecule has 1 aliphatic rings. The van der Waals surface area contributed by atoms with E-state index in [4.69, 9.17) is 0 Å². The minimum atomic E-state index is -0.376. The van der Waals surface area contributed by atoms with Crippen LogP contribution in [0, 0.1) is 5.41 Å². The highest BCUT2D eigenvalue weighted by molar-refractivity contribution is 5.88. The maximum Gasteiger partial charge on any atom is 0.237 e. The molecular weight excluding hydrogens is 290 g/mol. The molecule has 1 heterocycles. The van der Waals surface area contributed by atoms with Crippen molar-refractivity contribution in [2.24, 2.45) is 5.41 Å². The van der Waals surface area contributed by atoms with Crippen molar-refractivity contribution in [1.29, 1.82) is 0 Å². The van der Waals surface area contributed by atoms with Gasteiger partial charge in [0.15, 0.2) is 0 Å². The predicted octanol–water partition coefficient (Wildman–Crippen LogP) is 1.54. The van der Waals surface area contributed by atoms with E-state index in [1.807, 2.05) is 30.3 Å². The number of piperazine rings is 1. The van der Waals surface area contributed by atoms with Gasteiger partial charge < -0.3 is 10.6 Å². The van der Waals surface area contributed by atoms with E-state index in [1.54, 1.807) is 0 Å². The lowest BCUT2D eigenvalue weighted by Crippen LogP contribution is -2.58. The number of rotatable bonds is 5. The Labute approximate surface area is 138 Å². The van der Waals surface area contributed by atoms with Gasteiger partial charge in [-0.2, -0.15) is 0 Å². The molecule has 2 N–H and O–H groups in total. The zero-order valence-corrected chi connectivity index (χ0v) is 14.3. The van der Waals surface area contributed by atoms with E-state index in [0.29, 0.717) is 13.1 Å². The van der Waals surface area contributed by atoms with Crippen LogP contribution in [-0.4, -0.2) is 42.4 Å². The number of carbonyl (C=O) groups excluding carboxylic acids is 2. The third-order valence-electron chi connectivity index (χ3n) is 3.83. The molecule has 0 aromatic heterocycles. The maximum atomic E-state index is 12.2. The van der Waals surface area contributed by atoms with Crippen molar-refractivity contribution < 1.29 is 9.59 Å². The molecule has 1 unspecified atom stereocenters. The molecular formula is C18H27N3O2. The summed E-state index contributed by atoms with van der Waals surface area (Å²) in [6.45, 7) is 9.17. The number of carbonyl (C=O) groups is 2. The van der Waals surface area contributed by atoms with Crippen LogP contribution in [0.25, 0.3) is 0 Å². The fourth-order valence-electron chi connectivity index (χ4n) is 2.83. The second kappa shape index (κ2) is 7.59. The molecule has 1 atom stereocenters. The molecule has 0 saturated carbocycles. The molecule has 126 valence electrons. The van der Waals surface area contributed by atoms with E-state index in [1.165, 1.54) is 0 Å². The topological polar surface area (TPSA) is 61.4 Å². The quantitative estimate of drug-likeness (QED) is 0.866. The van der Waals surface area contributed by atoms with Gasteiger partial charge in [-0.1, -0.05) is 51.1 Å². The average molecular weight is 317 g/mol. The summed E-state index contributed by atoms with van der Waals surface area (Å²) in [4.78, 5) is 26.5. The van der Waals surface area contributed by atoms with Gasteiger partial charge in [-0.15, -0.1) is 0 Å². The third kappa shape index (κ3) is 5.67. The molecule has 1 aliphatic heterocycles. The van der Waals surface area contributed by atoms with Crippen molar-refractivity contribution in [2.45, 2.75) is 39.8 Å². The minimum absolute atomic E-state index is 0.0460. The highest BCUT2D eigenvalue weighted by Gasteiger charge is 2.33. The standard InChI is InChI=1S/C18H27N3O2/c1-18(2,3)13-21-10-9-19-17(23)15(21)11-16(22)20-12-14-7-5-4-6-8-14/h4-8,15H,9-13H2,1-3H3,(H,19,23)(H,20,22). The van der Waals surface area contributed by atoms with Gasteiger partial charge in [-0.3, -0.25) is 14.5 Å². The van der Waals surface area contributed by atoms with Gasteiger partial charge in [0.25, 0.3) is 0 Å². The molecule has 0 radical (unpaired) electrons. The summed E-state index contributed by atoms with van der Waals surface area (Å²) in [5.74, 6) is -0.134. The van der Waals surface area contributed by atoms with E-state index in [2.05, 4.69) is 36.3 Å². The van der Waals surface area contributed by atoms with Crippen LogP contribution in [0.5, 0.6) is 0 Å². The zero-order valence-electron chi connectivity index (χ0n) is 14.3. The SMILES string of the molecule is CC(C)(C)CN1CCNC(=O)C1CC(=O)NCc1ccccc1. The Bertz CT molecular complexity index is 537. The smallest absolute Gasteiger partial charge is 0.237 e. The fraction of sp³-hybridized carbons (Fsp3) is 0.556. The Morgan fingerprint density at radius 3 is 2.65 bits per heavy atom. The Balaban J connectivity index is 1.91. The van der Waals surface area contributed by atoms with Crippen LogP contribution in [0.4, 0.5) is 0 Å². The maximum absolute atomic E-state index is 12.2. The second-order valence-corrected chi connectivity index (χ2v) is 7.30. The first-order valence-corrected chi connectivity index (χ1v) is 8.17. The van der Waals surface area contributed by atoms with Crippen LogP contribution >= 0.6 is 0 Å². The normalized spacial score (nSPS) is 19.3. The van der Waals surface area contributed by atoms with Crippen LogP contribution in [-0.2, 0) is 16.1 Å². The van der Waals surface area contributed by atoms with Gasteiger partial charge >= 0.3 is 0 Å². The number of hydrogen-bond donors (Lipinski definition) is 2. The Morgan fingerprint density at radius 2 is 2.00 bits per heavy atom. The van der Waals surface area contributed by atoms with Crippen molar-refractivity contribution in [2.75, 3.05) is 19.6 Å². The Hall–Kier alpha value is -1.88. The summed E-state index contributed by atoms with van der Waals surface area (Å²) in [7, 11) is 0. The van der Waals surface area contributed by atoms with Crippen LogP contribution < -0.4 is 10.6 Å². The van der Waals surface area contributed by atoms with Crippen molar-refractivity contribution in [3.8, 4) is 0 Å². The summed E-state index contributed by atoms with van der Waals surface area (Å²) in [6, 6.07) is 9.40. The molecule has 0 spiro atoms. The van der Waals surface area contributed by atoms with E-state index in [9.17, 15) is 9.59 Å². The average Bonchev–Trinajstić information content (AvgIpc) is 2.48. The summed E-state index contributed by atoms with van der Waals surface area (Å²) >= 11 is 0. The van der Waals surface area contributed by atoms with Crippen LogP contribution in [0.1, 0.15) is 32.8 Å². The monoisotopic (exact) mass is 317 g/mol. The molecule has 1 fully saturated rings. The van der Waals surface area contributed by atoms with Crippen molar-refractivity contribution in [3.05, 3.63) is 35.9 Å². The van der Waals surface area contributed by atoms with Gasteiger partial charge in [0.1, 0.15) is 0 Å². The van der Waals surface area contributed by atoms with E-state index >= 15 is 0 Å². The molecule has 0 aliphatic carbocycles. The predicted molar refractivity (Wildman–Crippen MR) is 90.7 cm³/mol. The summed E-state index contributed by atoms with van der Waals surface area (Å²) in [6.07, 6.45) is 0.203. The number of benzene rings is 1. The summed E-state index contributed by atoms with van der Waals surface area (Å²) < 4.78 is 0. The van der Waals surface area contributed by atoms with Gasteiger partial charge in [0.2, 0.25) is 11.8 Å². The lowest BCUT2D eigenvalue weighted by molar-refractivity contribution is -0.134. The first-order valence-electron chi connectivity index (χ1n) is 8.17. The molecule has 2 rings (SSSR count). The molecule has 5 nitrogen and oxygen atoms in total. The zero-order chi connectivity index (χ0) is 16.9. The van der Waals surface area contributed by atoms with Gasteiger partial charge in [0, 0.05) is 26.2 Å². The van der Waals surface area contributed by atoms with Crippen LogP contribution in [0.3, 0.4) is 0 Å². The van der Waals surface area contributed by atoms with Gasteiger partial charge in [-0.25, -0.2) is 0 Å². The molecule has 1 aromatic rings.